The third-order valence-corrected chi connectivity index (χ3v) is 14.3. The van der Waals surface area contributed by atoms with Gasteiger partial charge in [0.25, 0.3) is 0 Å². The van der Waals surface area contributed by atoms with Crippen molar-refractivity contribution in [2.75, 3.05) is 0 Å². The summed E-state index contributed by atoms with van der Waals surface area (Å²) in [6, 6.07) is 53.9. The van der Waals surface area contributed by atoms with Gasteiger partial charge < -0.3 is 5.32 Å². The van der Waals surface area contributed by atoms with Crippen molar-refractivity contribution in [2.45, 2.75) is 58.0 Å². The zero-order valence-corrected chi connectivity index (χ0v) is 37.9. The van der Waals surface area contributed by atoms with E-state index in [1.807, 2.05) is 29.5 Å². The molecule has 5 nitrogen and oxygen atoms in total. The van der Waals surface area contributed by atoms with Gasteiger partial charge in [-0.2, -0.15) is 0 Å². The molecule has 2 aromatic heterocycles. The molecule has 0 bridgehead atoms. The largest absolute Gasteiger partial charge is 0.366 e. The van der Waals surface area contributed by atoms with Crippen molar-refractivity contribution in [3.63, 3.8) is 0 Å². The van der Waals surface area contributed by atoms with Gasteiger partial charge in [-0.15, -0.1) is 11.3 Å². The van der Waals surface area contributed by atoms with E-state index in [1.54, 1.807) is 5.57 Å². The van der Waals surface area contributed by atoms with Gasteiger partial charge in [0.15, 0.2) is 17.5 Å². The van der Waals surface area contributed by atoms with Crippen molar-refractivity contribution in [3.05, 3.63) is 221 Å². The van der Waals surface area contributed by atoms with Crippen molar-refractivity contribution in [2.24, 2.45) is 10.9 Å². The smallest absolute Gasteiger partial charge is 0.164 e. The van der Waals surface area contributed by atoms with Gasteiger partial charge in [-0.05, 0) is 114 Å². The molecular formula is C60H51N5S. The summed E-state index contributed by atoms with van der Waals surface area (Å²) >= 11 is 1.92. The molecular weight excluding hydrogens is 823 g/mol. The summed E-state index contributed by atoms with van der Waals surface area (Å²) in [4.78, 5) is 21.8. The Kier molecular flexibility index (Phi) is 12.0. The van der Waals surface area contributed by atoms with E-state index in [4.69, 9.17) is 19.9 Å². The Balaban J connectivity index is 1.00. The molecule has 6 aromatic carbocycles. The number of hydrogen-bond acceptors (Lipinski definition) is 5. The Hall–Kier alpha value is -7.28. The molecule has 3 aliphatic rings. The molecule has 1 atom stereocenters. The second kappa shape index (κ2) is 19.1. The summed E-state index contributed by atoms with van der Waals surface area (Å²) in [7, 11) is 0. The summed E-state index contributed by atoms with van der Waals surface area (Å²) in [5.41, 5.74) is 14.4. The third kappa shape index (κ3) is 9.02. The zero-order valence-electron chi connectivity index (χ0n) is 37.0. The predicted molar refractivity (Wildman–Crippen MR) is 276 cm³/mol. The number of aliphatic imine (C=N–C) groups is 1. The van der Waals surface area contributed by atoms with Crippen molar-refractivity contribution < 1.29 is 0 Å². The first kappa shape index (κ1) is 41.4. The van der Waals surface area contributed by atoms with Crippen LogP contribution in [0.25, 0.3) is 66.8 Å². The van der Waals surface area contributed by atoms with Crippen LogP contribution < -0.4 is 5.32 Å². The van der Waals surface area contributed by atoms with Crippen molar-refractivity contribution in [1.29, 1.82) is 0 Å². The highest BCUT2D eigenvalue weighted by Gasteiger charge is 2.25. The fourth-order valence-electron chi connectivity index (χ4n) is 9.52. The number of nitrogens with zero attached hydrogens (tertiary/aromatic N) is 4. The van der Waals surface area contributed by atoms with Crippen LogP contribution in [0, 0.1) is 5.92 Å². The summed E-state index contributed by atoms with van der Waals surface area (Å²) in [6.45, 7) is 1.29. The number of nitrogens with one attached hydrogen (secondary N) is 1. The predicted octanol–water partition coefficient (Wildman–Crippen LogP) is 14.9. The van der Waals surface area contributed by atoms with E-state index in [1.165, 1.54) is 74.0 Å². The molecule has 11 rings (SSSR count). The Morgan fingerprint density at radius 1 is 0.636 bits per heavy atom. The van der Waals surface area contributed by atoms with E-state index < -0.39 is 0 Å². The average Bonchev–Trinajstić information content (AvgIpc) is 3.78. The zero-order chi connectivity index (χ0) is 44.1. The van der Waals surface area contributed by atoms with Gasteiger partial charge in [-0.1, -0.05) is 169 Å². The number of hydrogen-bond donors (Lipinski definition) is 1. The minimum absolute atomic E-state index is 0.453. The van der Waals surface area contributed by atoms with E-state index >= 15 is 0 Å². The van der Waals surface area contributed by atoms with Gasteiger partial charge in [0, 0.05) is 44.3 Å². The lowest BCUT2D eigenvalue weighted by Gasteiger charge is -2.23. The monoisotopic (exact) mass is 873 g/mol. The van der Waals surface area contributed by atoms with Crippen LogP contribution in [0.1, 0.15) is 71.5 Å². The Bertz CT molecular complexity index is 3180. The van der Waals surface area contributed by atoms with Crippen molar-refractivity contribution in [1.82, 2.24) is 20.3 Å². The number of benzene rings is 6. The van der Waals surface area contributed by atoms with Crippen LogP contribution in [-0.2, 0) is 19.5 Å². The van der Waals surface area contributed by atoms with E-state index in [9.17, 15) is 0 Å². The molecule has 3 aliphatic carbocycles. The van der Waals surface area contributed by atoms with Gasteiger partial charge in [0.1, 0.15) is 5.84 Å². The maximum atomic E-state index is 5.15. The third-order valence-electron chi connectivity index (χ3n) is 13.1. The lowest BCUT2D eigenvalue weighted by molar-refractivity contribution is 0.620. The molecule has 0 radical (unpaired) electrons. The van der Waals surface area contributed by atoms with E-state index in [2.05, 4.69) is 175 Å². The first-order chi connectivity index (χ1) is 32.7. The van der Waals surface area contributed by atoms with Crippen LogP contribution in [0.2, 0.25) is 0 Å². The second-order valence-corrected chi connectivity index (χ2v) is 18.6. The molecule has 0 amide bonds. The van der Waals surface area contributed by atoms with E-state index in [0.29, 0.717) is 30.7 Å². The van der Waals surface area contributed by atoms with Crippen LogP contribution in [0.15, 0.2) is 193 Å². The van der Waals surface area contributed by atoms with Crippen LogP contribution >= 0.6 is 11.3 Å². The van der Waals surface area contributed by atoms with E-state index in [0.717, 1.165) is 58.7 Å². The molecule has 1 unspecified atom stereocenters. The highest BCUT2D eigenvalue weighted by Crippen LogP contribution is 2.46. The van der Waals surface area contributed by atoms with Gasteiger partial charge >= 0.3 is 0 Å². The molecule has 8 aromatic rings. The molecule has 0 spiro atoms. The molecule has 0 fully saturated rings. The minimum Gasteiger partial charge on any atom is -0.366 e. The van der Waals surface area contributed by atoms with Crippen LogP contribution in [0.3, 0.4) is 0 Å². The van der Waals surface area contributed by atoms with Gasteiger partial charge in [-0.3, -0.25) is 4.99 Å². The lowest BCUT2D eigenvalue weighted by Crippen LogP contribution is -2.24. The van der Waals surface area contributed by atoms with Crippen LogP contribution in [0.5, 0.6) is 0 Å². The molecule has 6 heteroatoms. The van der Waals surface area contributed by atoms with Crippen molar-refractivity contribution >= 4 is 38.9 Å². The summed E-state index contributed by atoms with van der Waals surface area (Å²) in [5, 5.41) is 5.02. The lowest BCUT2D eigenvalue weighted by atomic mass is 9.81. The Morgan fingerprint density at radius 2 is 1.36 bits per heavy atom. The van der Waals surface area contributed by atoms with Gasteiger partial charge in [-0.25, -0.2) is 15.0 Å². The molecule has 322 valence electrons. The first-order valence-corrected chi connectivity index (χ1v) is 24.2. The van der Waals surface area contributed by atoms with Crippen LogP contribution in [-0.4, -0.2) is 20.8 Å². The number of amidine groups is 1. The summed E-state index contributed by atoms with van der Waals surface area (Å²) < 4.78 is 1.32. The maximum Gasteiger partial charge on any atom is 0.164 e. The topological polar surface area (TPSA) is 63.1 Å². The molecule has 0 saturated carbocycles. The average molecular weight is 874 g/mol. The first-order valence-electron chi connectivity index (χ1n) is 23.4. The Morgan fingerprint density at radius 3 is 2.12 bits per heavy atom. The number of thiophene rings is 1. The highest BCUT2D eigenvalue weighted by molar-refractivity contribution is 7.20. The number of fused-ring (bicyclic) bond motifs is 3. The number of aromatic nitrogens is 3. The normalized spacial score (nSPS) is 15.9. The molecule has 2 heterocycles. The molecule has 1 N–H and O–H groups in total. The minimum atomic E-state index is 0.453. The van der Waals surface area contributed by atoms with Gasteiger partial charge in [0.05, 0.1) is 6.54 Å². The molecule has 0 saturated heterocycles. The highest BCUT2D eigenvalue weighted by atomic mass is 32.1. The summed E-state index contributed by atoms with van der Waals surface area (Å²) in [6.07, 6.45) is 21.8. The van der Waals surface area contributed by atoms with Crippen LogP contribution in [0.4, 0.5) is 0 Å². The molecule has 66 heavy (non-hydrogen) atoms. The fourth-order valence-corrected chi connectivity index (χ4v) is 10.8. The van der Waals surface area contributed by atoms with E-state index in [-0.39, 0.29) is 0 Å². The number of allylic oxidation sites excluding steroid dienone is 7. The SMILES string of the molecule is C1=CCCC(c2nc(-c3ccccc3)nc(-c3cccc(-c4cc(-c5ccc(/C(=N/Cc6ccccc6)NCc6ccccc6)cc5)cc5c6c(sc45)C=CC(C4=CCCCC4)C6)c3)n2)=C1. The quantitative estimate of drug-likeness (QED) is 0.0799. The maximum absolute atomic E-state index is 5.15. The number of rotatable bonds is 11. The Labute approximate surface area is 391 Å². The van der Waals surface area contributed by atoms with Crippen molar-refractivity contribution in [3.8, 4) is 45.0 Å². The summed E-state index contributed by atoms with van der Waals surface area (Å²) in [5.74, 6) is 3.45. The fraction of sp³-hybridized carbons (Fsp3) is 0.167. The van der Waals surface area contributed by atoms with Gasteiger partial charge in [0.2, 0.25) is 0 Å². The molecule has 0 aliphatic heterocycles. The standard InChI is InChI=1S/C60H51N5S/c1-6-17-41(18-7-1)39-61-57(62-40-42-19-8-2-9-20-42)47-31-29-44(30-32-47)51-37-52(56-54(38-51)53-36-48(33-34-55(53)66-56)43-21-10-3-11-22-43)49-27-16-28-50(35-49)60-64-58(45-23-12-4-13-24-45)63-59(65-60)46-25-14-5-15-26-46/h1-2,4-9,12-14,16-21,23-25,27-35,37-38,48H,3,10-11,15,22,26,36,39-40H2,(H,61,62). The second-order valence-electron chi connectivity index (χ2n) is 17.5.